The van der Waals surface area contributed by atoms with Crippen LogP contribution in [-0.4, -0.2) is 19.1 Å². The molecule has 0 atom stereocenters. The number of fused-ring (bicyclic) bond motifs is 4. The number of nitrogens with zero attached hydrogens (tertiary/aromatic N) is 4. The highest BCUT2D eigenvalue weighted by molar-refractivity contribution is 6.39. The maximum atomic E-state index is 5.41. The zero-order chi connectivity index (χ0) is 35.3. The molecule has 54 heavy (non-hydrogen) atoms. The van der Waals surface area contributed by atoms with Crippen LogP contribution in [-0.2, 0) is 0 Å². The van der Waals surface area contributed by atoms with E-state index in [2.05, 4.69) is 191 Å². The van der Waals surface area contributed by atoms with Gasteiger partial charge in [0.05, 0.1) is 33.3 Å². The Morgan fingerprint density at radius 2 is 0.870 bits per heavy atom. The molecule has 12 aromatic rings. The molecule has 0 amide bonds. The lowest BCUT2D eigenvalue weighted by Crippen LogP contribution is -2.03. The molecular weight excluding hydrogens is 657 g/mol. The SMILES string of the molecule is c1ccc(-c2cc3c4ccccc4c4cccc5c4c4c6c3c(c2)n(-c2ccccc2)c6ccc4n5-c2nc(-c3ccccc3)c3ccccc3n2)cc1. The second-order valence-electron chi connectivity index (χ2n) is 14.1. The van der Waals surface area contributed by atoms with Crippen LogP contribution in [0.15, 0.2) is 182 Å². The average Bonchev–Trinajstić information content (AvgIpc) is 3.76. The molecule has 250 valence electrons. The topological polar surface area (TPSA) is 35.6 Å². The molecule has 3 aromatic heterocycles. The van der Waals surface area contributed by atoms with E-state index in [0.717, 1.165) is 38.9 Å². The van der Waals surface area contributed by atoms with E-state index < -0.39 is 0 Å². The zero-order valence-corrected chi connectivity index (χ0v) is 29.1. The zero-order valence-electron chi connectivity index (χ0n) is 29.1. The lowest BCUT2D eigenvalue weighted by molar-refractivity contribution is 1.01. The molecule has 0 aliphatic heterocycles. The van der Waals surface area contributed by atoms with Crippen LogP contribution in [0.4, 0.5) is 0 Å². The first kappa shape index (κ1) is 29.3. The van der Waals surface area contributed by atoms with E-state index in [9.17, 15) is 0 Å². The predicted octanol–water partition coefficient (Wildman–Crippen LogP) is 12.9. The minimum Gasteiger partial charge on any atom is -0.309 e. The summed E-state index contributed by atoms with van der Waals surface area (Å²) in [4.78, 5) is 10.7. The molecule has 0 N–H and O–H groups in total. The van der Waals surface area contributed by atoms with Gasteiger partial charge in [-0.25, -0.2) is 9.97 Å². The van der Waals surface area contributed by atoms with Crippen molar-refractivity contribution in [2.24, 2.45) is 0 Å². The van der Waals surface area contributed by atoms with E-state index in [1.807, 2.05) is 0 Å². The van der Waals surface area contributed by atoms with Crippen molar-refractivity contribution in [2.75, 3.05) is 0 Å². The Morgan fingerprint density at radius 3 is 1.61 bits per heavy atom. The van der Waals surface area contributed by atoms with Gasteiger partial charge in [-0.3, -0.25) is 4.57 Å². The van der Waals surface area contributed by atoms with Crippen molar-refractivity contribution < 1.29 is 0 Å². The van der Waals surface area contributed by atoms with E-state index in [4.69, 9.17) is 9.97 Å². The lowest BCUT2D eigenvalue weighted by atomic mass is 9.92. The number of aromatic nitrogens is 4. The fourth-order valence-corrected chi connectivity index (χ4v) is 9.01. The maximum Gasteiger partial charge on any atom is 0.235 e. The van der Waals surface area contributed by atoms with Gasteiger partial charge >= 0.3 is 0 Å². The van der Waals surface area contributed by atoms with E-state index in [0.29, 0.717) is 5.95 Å². The molecule has 0 spiro atoms. The highest BCUT2D eigenvalue weighted by Gasteiger charge is 2.26. The molecule has 12 rings (SSSR count). The van der Waals surface area contributed by atoms with Crippen molar-refractivity contribution in [1.82, 2.24) is 19.1 Å². The number of benzene rings is 8. The molecule has 0 aliphatic rings. The molecule has 9 aromatic carbocycles. The van der Waals surface area contributed by atoms with Crippen molar-refractivity contribution in [3.05, 3.63) is 182 Å². The van der Waals surface area contributed by atoms with Crippen molar-refractivity contribution in [1.29, 1.82) is 0 Å². The molecule has 0 radical (unpaired) electrons. The Labute approximate surface area is 310 Å². The van der Waals surface area contributed by atoms with Crippen LogP contribution < -0.4 is 0 Å². The van der Waals surface area contributed by atoms with E-state index >= 15 is 0 Å². The van der Waals surface area contributed by atoms with Gasteiger partial charge in [0.1, 0.15) is 0 Å². The van der Waals surface area contributed by atoms with Crippen molar-refractivity contribution in [3.8, 4) is 34.0 Å². The molecule has 0 unspecified atom stereocenters. The first-order valence-electron chi connectivity index (χ1n) is 18.4. The Balaban J connectivity index is 1.33. The van der Waals surface area contributed by atoms with Gasteiger partial charge < -0.3 is 4.57 Å². The third-order valence-corrected chi connectivity index (χ3v) is 11.3. The summed E-state index contributed by atoms with van der Waals surface area (Å²) in [7, 11) is 0. The minimum absolute atomic E-state index is 0.662. The second-order valence-corrected chi connectivity index (χ2v) is 14.1. The standard InChI is InChI=1S/C50H30N4/c1-4-15-31(16-5-1)33-29-39-36-22-11-10-21-35(36)37-24-14-26-41-45(37)48-43(28-27-42-47(48)46(39)44(30-33)53(42)34-19-8-3-9-20-34)54(41)50-51-40-25-13-12-23-38(40)49(52-50)32-17-6-2-7-18-32/h1-30H. The van der Waals surface area contributed by atoms with Crippen molar-refractivity contribution in [3.63, 3.8) is 0 Å². The highest BCUT2D eigenvalue weighted by Crippen LogP contribution is 2.48. The molecule has 4 heteroatoms. The first-order chi connectivity index (χ1) is 26.8. The van der Waals surface area contributed by atoms with Gasteiger partial charge in [-0.05, 0) is 81.2 Å². The molecule has 0 fully saturated rings. The summed E-state index contributed by atoms with van der Waals surface area (Å²) in [6.45, 7) is 0. The minimum atomic E-state index is 0.662. The summed E-state index contributed by atoms with van der Waals surface area (Å²) in [5.41, 5.74) is 11.0. The smallest absolute Gasteiger partial charge is 0.235 e. The van der Waals surface area contributed by atoms with Crippen LogP contribution in [0.1, 0.15) is 0 Å². The van der Waals surface area contributed by atoms with Crippen molar-refractivity contribution in [2.45, 2.75) is 0 Å². The van der Waals surface area contributed by atoms with Gasteiger partial charge in [0, 0.05) is 38.2 Å². The van der Waals surface area contributed by atoms with Gasteiger partial charge in [0.15, 0.2) is 0 Å². The Hall–Kier alpha value is -7.30. The van der Waals surface area contributed by atoms with E-state index in [-0.39, 0.29) is 0 Å². The van der Waals surface area contributed by atoms with Gasteiger partial charge in [0.25, 0.3) is 0 Å². The molecule has 0 bridgehead atoms. The summed E-state index contributed by atoms with van der Waals surface area (Å²) in [6.07, 6.45) is 0. The van der Waals surface area contributed by atoms with Gasteiger partial charge in [0.2, 0.25) is 5.95 Å². The second kappa shape index (κ2) is 11.1. The lowest BCUT2D eigenvalue weighted by Gasteiger charge is -2.12. The fourth-order valence-electron chi connectivity index (χ4n) is 9.01. The van der Waals surface area contributed by atoms with Crippen molar-refractivity contribution >= 4 is 76.1 Å². The number of hydrogen-bond donors (Lipinski definition) is 0. The number of rotatable bonds is 4. The van der Waals surface area contributed by atoms with Gasteiger partial charge in [-0.2, -0.15) is 0 Å². The largest absolute Gasteiger partial charge is 0.309 e. The Morgan fingerprint density at radius 1 is 0.315 bits per heavy atom. The third-order valence-electron chi connectivity index (χ3n) is 11.3. The van der Waals surface area contributed by atoms with Gasteiger partial charge in [-0.15, -0.1) is 0 Å². The van der Waals surface area contributed by atoms with E-state index in [1.165, 1.54) is 65.3 Å². The molecule has 0 saturated heterocycles. The third kappa shape index (κ3) is 4.02. The van der Waals surface area contributed by atoms with Crippen LogP contribution >= 0.6 is 0 Å². The fraction of sp³-hybridized carbons (Fsp3) is 0. The van der Waals surface area contributed by atoms with Crippen LogP contribution in [0.5, 0.6) is 0 Å². The summed E-state index contributed by atoms with van der Waals surface area (Å²) in [5, 5.41) is 10.9. The maximum absolute atomic E-state index is 5.41. The predicted molar refractivity (Wildman–Crippen MR) is 225 cm³/mol. The Kier molecular flexibility index (Phi) is 6.02. The summed E-state index contributed by atoms with van der Waals surface area (Å²) in [5.74, 6) is 0.662. The number of para-hydroxylation sites is 2. The molecule has 0 saturated carbocycles. The van der Waals surface area contributed by atoms with Crippen LogP contribution in [0.3, 0.4) is 0 Å². The highest BCUT2D eigenvalue weighted by atomic mass is 15.2. The summed E-state index contributed by atoms with van der Waals surface area (Å²) < 4.78 is 4.75. The van der Waals surface area contributed by atoms with Crippen LogP contribution in [0.25, 0.3) is 110 Å². The molecular formula is C50H30N4. The molecule has 3 heterocycles. The quantitative estimate of drug-likeness (QED) is 0.185. The molecule has 4 nitrogen and oxygen atoms in total. The van der Waals surface area contributed by atoms with Crippen LogP contribution in [0.2, 0.25) is 0 Å². The number of hydrogen-bond acceptors (Lipinski definition) is 2. The molecule has 0 aliphatic carbocycles. The monoisotopic (exact) mass is 686 g/mol. The summed E-state index contributed by atoms with van der Waals surface area (Å²) in [6, 6.07) is 65.4. The Bertz CT molecular complexity index is 3410. The van der Waals surface area contributed by atoms with Gasteiger partial charge in [-0.1, -0.05) is 133 Å². The first-order valence-corrected chi connectivity index (χ1v) is 18.4. The van der Waals surface area contributed by atoms with Crippen LogP contribution in [0, 0.1) is 0 Å². The summed E-state index contributed by atoms with van der Waals surface area (Å²) >= 11 is 0. The average molecular weight is 687 g/mol. The van der Waals surface area contributed by atoms with E-state index in [1.54, 1.807) is 0 Å². The normalized spacial score (nSPS) is 12.1.